The Bertz CT molecular complexity index is 1020. The van der Waals surface area contributed by atoms with Crippen LogP contribution < -0.4 is 10.1 Å². The number of hydrogen-bond donors (Lipinski definition) is 1. The molecule has 3 heterocycles. The summed E-state index contributed by atoms with van der Waals surface area (Å²) < 4.78 is 39.7. The number of fused-ring (bicyclic) bond motifs is 1. The first-order valence-corrected chi connectivity index (χ1v) is 10.7. The van der Waals surface area contributed by atoms with Crippen LogP contribution in [0.4, 0.5) is 13.9 Å². The molecule has 8 heteroatoms. The number of pyridine rings is 1. The SMILES string of the molecule is Fc1cnc(OC2CC(Nc3nc4cccc(F)c4s3)C2)c(C2CCOCC2)c1. The summed E-state index contributed by atoms with van der Waals surface area (Å²) in [6.07, 6.45) is 4.53. The molecule has 5 nitrogen and oxygen atoms in total. The molecule has 1 saturated carbocycles. The van der Waals surface area contributed by atoms with Crippen molar-refractivity contribution in [1.82, 2.24) is 9.97 Å². The van der Waals surface area contributed by atoms with Gasteiger partial charge in [0.2, 0.25) is 5.88 Å². The number of aromatic nitrogens is 2. The molecular weight excluding hydrogens is 396 g/mol. The number of hydrogen-bond acceptors (Lipinski definition) is 6. The first kappa shape index (κ1) is 18.7. The summed E-state index contributed by atoms with van der Waals surface area (Å²) in [7, 11) is 0. The molecule has 1 aliphatic carbocycles. The topological polar surface area (TPSA) is 56.3 Å². The summed E-state index contributed by atoms with van der Waals surface area (Å²) in [4.78, 5) is 8.66. The minimum atomic E-state index is -0.338. The summed E-state index contributed by atoms with van der Waals surface area (Å²) in [5.41, 5.74) is 1.51. The Morgan fingerprint density at radius 3 is 2.79 bits per heavy atom. The van der Waals surface area contributed by atoms with Gasteiger partial charge in [-0.1, -0.05) is 17.4 Å². The molecule has 2 aliphatic rings. The van der Waals surface area contributed by atoms with E-state index in [-0.39, 0.29) is 29.7 Å². The molecule has 1 saturated heterocycles. The van der Waals surface area contributed by atoms with Crippen molar-refractivity contribution in [3.05, 3.63) is 47.7 Å². The normalized spacial score (nSPS) is 22.4. The van der Waals surface area contributed by atoms with Gasteiger partial charge in [-0.05, 0) is 37.0 Å². The average Bonchev–Trinajstić information content (AvgIpc) is 3.12. The highest BCUT2D eigenvalue weighted by Gasteiger charge is 2.33. The van der Waals surface area contributed by atoms with E-state index in [1.165, 1.54) is 23.6 Å². The maximum absolute atomic E-state index is 13.8. The number of nitrogens with one attached hydrogen (secondary N) is 1. The van der Waals surface area contributed by atoms with Gasteiger partial charge in [0, 0.05) is 37.7 Å². The molecular formula is C21H21F2N3O2S. The van der Waals surface area contributed by atoms with Gasteiger partial charge in [-0.25, -0.2) is 18.7 Å². The molecule has 0 radical (unpaired) electrons. The van der Waals surface area contributed by atoms with E-state index in [0.29, 0.717) is 29.3 Å². The van der Waals surface area contributed by atoms with Crippen molar-refractivity contribution < 1.29 is 18.3 Å². The third-order valence-corrected chi connectivity index (χ3v) is 6.59. The van der Waals surface area contributed by atoms with Crippen LogP contribution in [0.2, 0.25) is 0 Å². The Kier molecular flexibility index (Phi) is 5.05. The highest BCUT2D eigenvalue weighted by atomic mass is 32.1. The fraction of sp³-hybridized carbons (Fsp3) is 0.429. The summed E-state index contributed by atoms with van der Waals surface area (Å²) in [5.74, 6) is 0.165. The molecule has 1 aromatic carbocycles. The number of nitrogens with zero attached hydrogens (tertiary/aromatic N) is 2. The molecule has 0 bridgehead atoms. The second-order valence-electron chi connectivity index (χ2n) is 7.59. The first-order chi connectivity index (χ1) is 14.2. The summed E-state index contributed by atoms with van der Waals surface area (Å²) in [6, 6.07) is 6.69. The first-order valence-electron chi connectivity index (χ1n) is 9.87. The summed E-state index contributed by atoms with van der Waals surface area (Å²) in [5, 5.41) is 4.08. The Hall–Kier alpha value is -2.32. The van der Waals surface area contributed by atoms with Crippen molar-refractivity contribution in [3.8, 4) is 5.88 Å². The van der Waals surface area contributed by atoms with Crippen molar-refractivity contribution in [1.29, 1.82) is 0 Å². The van der Waals surface area contributed by atoms with Gasteiger partial charge in [-0.2, -0.15) is 0 Å². The van der Waals surface area contributed by atoms with E-state index < -0.39 is 0 Å². The van der Waals surface area contributed by atoms with E-state index in [1.807, 2.05) is 6.07 Å². The van der Waals surface area contributed by atoms with Gasteiger partial charge in [-0.3, -0.25) is 0 Å². The summed E-state index contributed by atoms with van der Waals surface area (Å²) in [6.45, 7) is 1.36. The quantitative estimate of drug-likeness (QED) is 0.641. The van der Waals surface area contributed by atoms with Gasteiger partial charge in [0.25, 0.3) is 0 Å². The second kappa shape index (κ2) is 7.84. The molecule has 29 heavy (non-hydrogen) atoms. The van der Waals surface area contributed by atoms with E-state index >= 15 is 0 Å². The van der Waals surface area contributed by atoms with Crippen LogP contribution in [0.5, 0.6) is 5.88 Å². The largest absolute Gasteiger partial charge is 0.474 e. The molecule has 0 unspecified atom stereocenters. The fourth-order valence-electron chi connectivity index (χ4n) is 3.93. The minimum absolute atomic E-state index is 0.0233. The standard InChI is InChI=1S/C21H21F2N3O2S/c22-13-8-16(12-4-6-27-7-5-12)20(24-11-13)28-15-9-14(10-15)25-21-26-18-3-1-2-17(23)19(18)29-21/h1-3,8,11-12,14-15H,4-7,9-10H2,(H,25,26). The summed E-state index contributed by atoms with van der Waals surface area (Å²) >= 11 is 1.33. The second-order valence-corrected chi connectivity index (χ2v) is 8.59. The molecule has 1 aliphatic heterocycles. The van der Waals surface area contributed by atoms with Crippen molar-refractivity contribution in [2.24, 2.45) is 0 Å². The lowest BCUT2D eigenvalue weighted by Crippen LogP contribution is -2.42. The Labute approximate surface area is 171 Å². The molecule has 0 spiro atoms. The number of ether oxygens (including phenoxy) is 2. The maximum Gasteiger partial charge on any atom is 0.217 e. The molecule has 0 amide bonds. The van der Waals surface area contributed by atoms with E-state index in [1.54, 1.807) is 12.1 Å². The highest BCUT2D eigenvalue weighted by molar-refractivity contribution is 7.22. The van der Waals surface area contributed by atoms with E-state index in [9.17, 15) is 8.78 Å². The van der Waals surface area contributed by atoms with Crippen molar-refractivity contribution in [2.75, 3.05) is 18.5 Å². The zero-order valence-electron chi connectivity index (χ0n) is 15.7. The van der Waals surface area contributed by atoms with Crippen LogP contribution >= 0.6 is 11.3 Å². The molecule has 5 rings (SSSR count). The minimum Gasteiger partial charge on any atom is -0.474 e. The lowest BCUT2D eigenvalue weighted by molar-refractivity contribution is 0.0792. The monoisotopic (exact) mass is 417 g/mol. The Balaban J connectivity index is 1.22. The van der Waals surface area contributed by atoms with Gasteiger partial charge >= 0.3 is 0 Å². The molecule has 1 N–H and O–H groups in total. The number of anilines is 1. The van der Waals surface area contributed by atoms with Crippen molar-refractivity contribution >= 4 is 26.7 Å². The van der Waals surface area contributed by atoms with Gasteiger partial charge in [0.05, 0.1) is 16.4 Å². The van der Waals surface area contributed by atoms with Crippen LogP contribution in [0.1, 0.15) is 37.2 Å². The Morgan fingerprint density at radius 2 is 2.00 bits per heavy atom. The van der Waals surface area contributed by atoms with Crippen molar-refractivity contribution in [3.63, 3.8) is 0 Å². The maximum atomic E-state index is 13.8. The van der Waals surface area contributed by atoms with E-state index in [2.05, 4.69) is 15.3 Å². The average molecular weight is 417 g/mol. The van der Waals surface area contributed by atoms with Crippen LogP contribution in [0, 0.1) is 11.6 Å². The zero-order chi connectivity index (χ0) is 19.8. The molecule has 3 aromatic rings. The van der Waals surface area contributed by atoms with Gasteiger partial charge in [-0.15, -0.1) is 0 Å². The van der Waals surface area contributed by atoms with Crippen LogP contribution in [-0.4, -0.2) is 35.3 Å². The van der Waals surface area contributed by atoms with Gasteiger partial charge < -0.3 is 14.8 Å². The van der Waals surface area contributed by atoms with Crippen LogP contribution in [0.15, 0.2) is 30.5 Å². The third kappa shape index (κ3) is 3.91. The van der Waals surface area contributed by atoms with E-state index in [4.69, 9.17) is 9.47 Å². The number of thiazole rings is 1. The Morgan fingerprint density at radius 1 is 1.17 bits per heavy atom. The van der Waals surface area contributed by atoms with Crippen LogP contribution in [0.3, 0.4) is 0 Å². The van der Waals surface area contributed by atoms with Gasteiger partial charge in [0.1, 0.15) is 17.7 Å². The molecule has 152 valence electrons. The number of halogens is 2. The molecule has 2 fully saturated rings. The lowest BCUT2D eigenvalue weighted by Gasteiger charge is -2.36. The van der Waals surface area contributed by atoms with Crippen molar-refractivity contribution in [2.45, 2.75) is 43.7 Å². The zero-order valence-corrected chi connectivity index (χ0v) is 16.6. The smallest absolute Gasteiger partial charge is 0.217 e. The fourth-order valence-corrected chi connectivity index (χ4v) is 4.88. The number of benzene rings is 1. The predicted molar refractivity (Wildman–Crippen MR) is 108 cm³/mol. The predicted octanol–water partition coefficient (Wildman–Crippen LogP) is 4.89. The van der Waals surface area contributed by atoms with Gasteiger partial charge in [0.15, 0.2) is 5.13 Å². The molecule has 2 aromatic heterocycles. The third-order valence-electron chi connectivity index (χ3n) is 5.57. The highest BCUT2D eigenvalue weighted by Crippen LogP contribution is 2.36. The van der Waals surface area contributed by atoms with E-state index in [0.717, 1.165) is 36.4 Å². The van der Waals surface area contributed by atoms with Crippen LogP contribution in [0.25, 0.3) is 10.2 Å². The number of rotatable bonds is 5. The lowest BCUT2D eigenvalue weighted by atomic mass is 9.89. The molecule has 0 atom stereocenters. The van der Waals surface area contributed by atoms with Crippen LogP contribution in [-0.2, 0) is 4.74 Å².